The van der Waals surface area contributed by atoms with Crippen LogP contribution in [0.25, 0.3) is 0 Å². The van der Waals surface area contributed by atoms with Crippen LogP contribution in [0, 0.1) is 13.8 Å². The van der Waals surface area contributed by atoms with Crippen molar-refractivity contribution >= 4 is 15.7 Å². The molecule has 1 amide bonds. The molecule has 0 spiro atoms. The molecule has 1 aliphatic carbocycles. The SMILES string of the molecule is Cc1ccc(C)c(S(=O)(=O)C2(C(=O)N[C@@H](C)c3ccccc3)CCCC2)c1. The predicted molar refractivity (Wildman–Crippen MR) is 107 cm³/mol. The molecule has 1 atom stereocenters. The molecule has 1 saturated carbocycles. The minimum Gasteiger partial charge on any atom is -0.348 e. The summed E-state index contributed by atoms with van der Waals surface area (Å²) in [5.41, 5.74) is 2.53. The van der Waals surface area contributed by atoms with Crippen LogP contribution in [0.3, 0.4) is 0 Å². The number of aryl methyl sites for hydroxylation is 2. The number of rotatable bonds is 5. The predicted octanol–water partition coefficient (Wildman–Crippen LogP) is 4.27. The molecule has 27 heavy (non-hydrogen) atoms. The highest BCUT2D eigenvalue weighted by atomic mass is 32.2. The Labute approximate surface area is 161 Å². The Hall–Kier alpha value is -2.14. The maximum absolute atomic E-state index is 13.6. The van der Waals surface area contributed by atoms with Crippen LogP contribution >= 0.6 is 0 Å². The number of carbonyl (C=O) groups is 1. The zero-order chi connectivity index (χ0) is 19.7. The molecule has 0 radical (unpaired) electrons. The first-order valence-electron chi connectivity index (χ1n) is 9.46. The molecule has 0 heterocycles. The van der Waals surface area contributed by atoms with Crippen molar-refractivity contribution in [2.24, 2.45) is 0 Å². The van der Waals surface area contributed by atoms with Crippen LogP contribution in [0.2, 0.25) is 0 Å². The third kappa shape index (κ3) is 3.53. The summed E-state index contributed by atoms with van der Waals surface area (Å²) in [4.78, 5) is 13.6. The van der Waals surface area contributed by atoms with Gasteiger partial charge in [-0.05, 0) is 56.4 Å². The highest BCUT2D eigenvalue weighted by Gasteiger charge is 2.53. The molecule has 0 aromatic heterocycles. The monoisotopic (exact) mass is 385 g/mol. The van der Waals surface area contributed by atoms with E-state index in [0.29, 0.717) is 18.4 Å². The molecule has 1 fully saturated rings. The number of nitrogens with one attached hydrogen (secondary N) is 1. The first kappa shape index (κ1) is 19.6. The van der Waals surface area contributed by atoms with Crippen molar-refractivity contribution in [3.63, 3.8) is 0 Å². The second kappa shape index (κ2) is 7.47. The van der Waals surface area contributed by atoms with Crippen LogP contribution in [0.15, 0.2) is 53.4 Å². The van der Waals surface area contributed by atoms with Crippen molar-refractivity contribution < 1.29 is 13.2 Å². The highest BCUT2D eigenvalue weighted by molar-refractivity contribution is 7.93. The number of hydrogen-bond donors (Lipinski definition) is 1. The highest BCUT2D eigenvalue weighted by Crippen LogP contribution is 2.42. The molecule has 1 N–H and O–H groups in total. The maximum atomic E-state index is 13.6. The minimum atomic E-state index is -3.79. The average Bonchev–Trinajstić information content (AvgIpc) is 3.16. The van der Waals surface area contributed by atoms with Gasteiger partial charge in [0.25, 0.3) is 0 Å². The van der Waals surface area contributed by atoms with Gasteiger partial charge in [0.05, 0.1) is 10.9 Å². The van der Waals surface area contributed by atoms with Gasteiger partial charge in [0, 0.05) is 0 Å². The molecule has 144 valence electrons. The van der Waals surface area contributed by atoms with Crippen molar-refractivity contribution in [1.82, 2.24) is 5.32 Å². The van der Waals surface area contributed by atoms with E-state index in [4.69, 9.17) is 0 Å². The first-order chi connectivity index (χ1) is 12.8. The molecule has 0 aliphatic heterocycles. The van der Waals surface area contributed by atoms with Crippen molar-refractivity contribution in [2.75, 3.05) is 0 Å². The summed E-state index contributed by atoms with van der Waals surface area (Å²) in [5.74, 6) is -0.378. The van der Waals surface area contributed by atoms with Crippen molar-refractivity contribution in [3.8, 4) is 0 Å². The first-order valence-corrected chi connectivity index (χ1v) is 10.9. The number of amides is 1. The fourth-order valence-electron chi connectivity index (χ4n) is 3.92. The molecular weight excluding hydrogens is 358 g/mol. The van der Waals surface area contributed by atoms with Crippen LogP contribution in [-0.4, -0.2) is 19.1 Å². The van der Waals surface area contributed by atoms with Crippen LogP contribution in [0.4, 0.5) is 0 Å². The van der Waals surface area contributed by atoms with Crippen LogP contribution in [0.1, 0.15) is 55.3 Å². The van der Waals surface area contributed by atoms with Gasteiger partial charge in [-0.15, -0.1) is 0 Å². The average molecular weight is 386 g/mol. The van der Waals surface area contributed by atoms with Gasteiger partial charge in [-0.2, -0.15) is 0 Å². The Kier molecular flexibility index (Phi) is 5.43. The van der Waals surface area contributed by atoms with Gasteiger partial charge in [0.15, 0.2) is 14.6 Å². The van der Waals surface area contributed by atoms with Crippen molar-refractivity contribution in [2.45, 2.75) is 62.1 Å². The normalized spacial score (nSPS) is 17.4. The Morgan fingerprint density at radius 1 is 1.04 bits per heavy atom. The van der Waals surface area contributed by atoms with Crippen molar-refractivity contribution in [1.29, 1.82) is 0 Å². The molecule has 0 bridgehead atoms. The van der Waals surface area contributed by atoms with Gasteiger partial charge in [0.1, 0.15) is 0 Å². The molecule has 2 aromatic rings. The van der Waals surface area contributed by atoms with Gasteiger partial charge in [0.2, 0.25) is 5.91 Å². The lowest BCUT2D eigenvalue weighted by molar-refractivity contribution is -0.124. The van der Waals surface area contributed by atoms with E-state index in [1.54, 1.807) is 13.0 Å². The quantitative estimate of drug-likeness (QED) is 0.836. The van der Waals surface area contributed by atoms with E-state index in [1.807, 2.05) is 56.3 Å². The van der Waals surface area contributed by atoms with Gasteiger partial charge in [-0.1, -0.05) is 55.3 Å². The van der Waals surface area contributed by atoms with Gasteiger partial charge in [-0.25, -0.2) is 8.42 Å². The second-order valence-electron chi connectivity index (χ2n) is 7.58. The number of benzene rings is 2. The van der Waals surface area contributed by atoms with E-state index in [1.165, 1.54) is 0 Å². The molecule has 0 unspecified atom stereocenters. The number of hydrogen-bond acceptors (Lipinski definition) is 3. The third-order valence-corrected chi connectivity index (χ3v) is 8.26. The summed E-state index contributed by atoms with van der Waals surface area (Å²) in [7, 11) is -3.79. The summed E-state index contributed by atoms with van der Waals surface area (Å²) in [6, 6.07) is 14.8. The number of sulfone groups is 1. The van der Waals surface area contributed by atoms with Crippen LogP contribution in [0.5, 0.6) is 0 Å². The lowest BCUT2D eigenvalue weighted by atomic mass is 10.0. The van der Waals surface area contributed by atoms with E-state index in [-0.39, 0.29) is 16.8 Å². The van der Waals surface area contributed by atoms with Crippen LogP contribution < -0.4 is 5.32 Å². The standard InChI is InChI=1S/C22H27NO3S/c1-16-11-12-17(2)20(15-16)27(25,26)22(13-7-8-14-22)21(24)23-18(3)19-9-5-4-6-10-19/h4-6,9-12,15,18H,7-8,13-14H2,1-3H3,(H,23,24)/t18-/m0/s1. The van der Waals surface area contributed by atoms with E-state index < -0.39 is 14.6 Å². The van der Waals surface area contributed by atoms with Gasteiger partial charge >= 0.3 is 0 Å². The minimum absolute atomic E-state index is 0.245. The molecule has 3 rings (SSSR count). The molecule has 2 aromatic carbocycles. The lowest BCUT2D eigenvalue weighted by Crippen LogP contribution is -2.51. The second-order valence-corrected chi connectivity index (χ2v) is 9.81. The third-order valence-electron chi connectivity index (χ3n) is 5.62. The van der Waals surface area contributed by atoms with E-state index in [0.717, 1.165) is 24.0 Å². The zero-order valence-corrected chi connectivity index (χ0v) is 17.0. The zero-order valence-electron chi connectivity index (χ0n) is 16.2. The molecule has 4 nitrogen and oxygen atoms in total. The molecule has 0 saturated heterocycles. The maximum Gasteiger partial charge on any atom is 0.242 e. The summed E-state index contributed by atoms with van der Waals surface area (Å²) in [6.45, 7) is 5.55. The van der Waals surface area contributed by atoms with Gasteiger partial charge in [-0.3, -0.25) is 4.79 Å². The van der Waals surface area contributed by atoms with E-state index >= 15 is 0 Å². The summed E-state index contributed by atoms with van der Waals surface area (Å²) in [5, 5.41) is 2.97. The summed E-state index contributed by atoms with van der Waals surface area (Å²) >= 11 is 0. The van der Waals surface area contributed by atoms with E-state index in [2.05, 4.69) is 5.32 Å². The largest absolute Gasteiger partial charge is 0.348 e. The molecule has 1 aliphatic rings. The molecule has 5 heteroatoms. The fourth-order valence-corrected chi connectivity index (χ4v) is 6.31. The van der Waals surface area contributed by atoms with Crippen LogP contribution in [-0.2, 0) is 14.6 Å². The Morgan fingerprint density at radius 3 is 2.30 bits per heavy atom. The Bertz CT molecular complexity index is 929. The Balaban J connectivity index is 1.98. The van der Waals surface area contributed by atoms with Gasteiger partial charge < -0.3 is 5.32 Å². The molecular formula is C22H27NO3S. The Morgan fingerprint density at radius 2 is 1.67 bits per heavy atom. The lowest BCUT2D eigenvalue weighted by Gasteiger charge is -2.30. The van der Waals surface area contributed by atoms with E-state index in [9.17, 15) is 13.2 Å². The summed E-state index contributed by atoms with van der Waals surface area (Å²) < 4.78 is 25.9. The summed E-state index contributed by atoms with van der Waals surface area (Å²) in [6.07, 6.45) is 2.24. The fraction of sp³-hybridized carbons (Fsp3) is 0.409. The van der Waals surface area contributed by atoms with Crippen molar-refractivity contribution in [3.05, 3.63) is 65.2 Å². The smallest absolute Gasteiger partial charge is 0.242 e. The number of carbonyl (C=O) groups excluding carboxylic acids is 1. The topological polar surface area (TPSA) is 63.2 Å².